The van der Waals surface area contributed by atoms with Gasteiger partial charge in [0.15, 0.2) is 5.69 Å². The van der Waals surface area contributed by atoms with Gasteiger partial charge in [0, 0.05) is 43.4 Å². The van der Waals surface area contributed by atoms with Crippen LogP contribution < -0.4 is 0 Å². The maximum atomic E-state index is 13.6. The molecule has 162 valence electrons. The first-order valence-corrected chi connectivity index (χ1v) is 10.5. The van der Waals surface area contributed by atoms with E-state index in [-0.39, 0.29) is 17.6 Å². The van der Waals surface area contributed by atoms with E-state index in [0.29, 0.717) is 43.0 Å². The number of rotatable bonds is 4. The van der Waals surface area contributed by atoms with Crippen molar-refractivity contribution in [2.24, 2.45) is 7.05 Å². The predicted octanol–water partition coefficient (Wildman–Crippen LogP) is 3.71. The smallest absolute Gasteiger partial charge is 0.279 e. The summed E-state index contributed by atoms with van der Waals surface area (Å²) in [6.07, 6.45) is 1.05. The highest BCUT2D eigenvalue weighted by Crippen LogP contribution is 2.30. The van der Waals surface area contributed by atoms with Gasteiger partial charge in [0.1, 0.15) is 5.82 Å². The molecule has 0 unspecified atom stereocenters. The summed E-state index contributed by atoms with van der Waals surface area (Å²) in [6, 6.07) is 14.0. The Labute approximate surface area is 184 Å². The molecule has 5 rings (SSSR count). The van der Waals surface area contributed by atoms with Crippen molar-refractivity contribution in [2.75, 3.05) is 6.54 Å². The molecule has 0 saturated carbocycles. The molecule has 0 radical (unpaired) electrons. The lowest BCUT2D eigenvalue weighted by Crippen LogP contribution is -2.37. The third-order valence-electron chi connectivity index (χ3n) is 5.78. The zero-order chi connectivity index (χ0) is 22.2. The van der Waals surface area contributed by atoms with Crippen LogP contribution in [0.2, 0.25) is 0 Å². The molecule has 0 saturated heterocycles. The Hall–Kier alpha value is -3.81. The zero-order valence-corrected chi connectivity index (χ0v) is 17.9. The van der Waals surface area contributed by atoms with Crippen molar-refractivity contribution in [1.82, 2.24) is 24.8 Å². The minimum absolute atomic E-state index is 0.0697. The second kappa shape index (κ2) is 8.03. The number of carbonyl (C=O) groups is 1. The van der Waals surface area contributed by atoms with Crippen molar-refractivity contribution in [1.29, 1.82) is 0 Å². The highest BCUT2D eigenvalue weighted by Gasteiger charge is 2.29. The number of nitrogens with zero attached hydrogens (tertiary/aromatic N) is 5. The summed E-state index contributed by atoms with van der Waals surface area (Å²) in [5, 5.41) is 8.58. The highest BCUT2D eigenvalue weighted by molar-refractivity contribution is 5.79. The standard InChI is InChI=1S/C24H22FN5O2/c1-15-6-8-16(9-7-15)12-21(31)30-11-10-20-19(14-30)22(27-29(20)2)24-26-23(28-32-24)17-4-3-5-18(25)13-17/h3-9,13H,10-12,14H2,1-2H3. The Kier molecular flexibility index (Phi) is 5.05. The minimum atomic E-state index is -0.369. The third kappa shape index (κ3) is 3.79. The van der Waals surface area contributed by atoms with Gasteiger partial charge in [0.25, 0.3) is 5.89 Å². The zero-order valence-electron chi connectivity index (χ0n) is 17.9. The highest BCUT2D eigenvalue weighted by atomic mass is 19.1. The molecule has 3 heterocycles. The Balaban J connectivity index is 1.40. The van der Waals surface area contributed by atoms with Crippen LogP contribution in [0, 0.1) is 12.7 Å². The molecule has 0 aliphatic carbocycles. The van der Waals surface area contributed by atoms with Crippen LogP contribution in [0.4, 0.5) is 4.39 Å². The van der Waals surface area contributed by atoms with Crippen molar-refractivity contribution < 1.29 is 13.7 Å². The van der Waals surface area contributed by atoms with Gasteiger partial charge in [0.2, 0.25) is 11.7 Å². The number of benzene rings is 2. The fourth-order valence-electron chi connectivity index (χ4n) is 4.03. The first-order valence-electron chi connectivity index (χ1n) is 10.5. The number of halogens is 1. The molecular formula is C24H22FN5O2. The molecular weight excluding hydrogens is 409 g/mol. The molecule has 0 spiro atoms. The normalized spacial score (nSPS) is 13.3. The molecule has 0 bridgehead atoms. The minimum Gasteiger partial charge on any atom is -0.338 e. The first-order chi connectivity index (χ1) is 15.5. The molecule has 7 nitrogen and oxygen atoms in total. The number of carbonyl (C=O) groups excluding carboxylic acids is 1. The maximum Gasteiger partial charge on any atom is 0.279 e. The summed E-state index contributed by atoms with van der Waals surface area (Å²) in [4.78, 5) is 19.2. The van der Waals surface area contributed by atoms with Crippen LogP contribution in [0.5, 0.6) is 0 Å². The van der Waals surface area contributed by atoms with Gasteiger partial charge in [-0.1, -0.05) is 47.1 Å². The van der Waals surface area contributed by atoms with Gasteiger partial charge in [-0.2, -0.15) is 10.1 Å². The molecule has 32 heavy (non-hydrogen) atoms. The number of aryl methyl sites for hydroxylation is 2. The van der Waals surface area contributed by atoms with Gasteiger partial charge in [-0.25, -0.2) is 4.39 Å². The van der Waals surface area contributed by atoms with Crippen molar-refractivity contribution in [2.45, 2.75) is 26.3 Å². The number of hydrogen-bond donors (Lipinski definition) is 0. The van der Waals surface area contributed by atoms with Gasteiger partial charge >= 0.3 is 0 Å². The van der Waals surface area contributed by atoms with Crippen molar-refractivity contribution in [3.05, 3.63) is 76.7 Å². The SMILES string of the molecule is Cc1ccc(CC(=O)N2CCc3c(c(-c4nc(-c5cccc(F)c5)no4)nn3C)C2)cc1. The average Bonchev–Trinajstić information content (AvgIpc) is 3.40. The molecule has 0 atom stereocenters. The van der Waals surface area contributed by atoms with Gasteiger partial charge in [0.05, 0.1) is 6.42 Å². The first kappa shape index (κ1) is 20.1. The molecule has 1 aliphatic rings. The van der Waals surface area contributed by atoms with E-state index in [4.69, 9.17) is 4.52 Å². The van der Waals surface area contributed by atoms with Crippen LogP contribution in [-0.2, 0) is 31.2 Å². The maximum absolute atomic E-state index is 13.6. The predicted molar refractivity (Wildman–Crippen MR) is 116 cm³/mol. The topological polar surface area (TPSA) is 77.1 Å². The van der Waals surface area contributed by atoms with Crippen LogP contribution in [0.15, 0.2) is 53.1 Å². The second-order valence-corrected chi connectivity index (χ2v) is 8.06. The van der Waals surface area contributed by atoms with Crippen LogP contribution in [0.1, 0.15) is 22.4 Å². The summed E-state index contributed by atoms with van der Waals surface area (Å²) in [7, 11) is 1.87. The third-order valence-corrected chi connectivity index (χ3v) is 5.78. The molecule has 1 aliphatic heterocycles. The van der Waals surface area contributed by atoms with Crippen LogP contribution in [0.3, 0.4) is 0 Å². The number of amides is 1. The van der Waals surface area contributed by atoms with Gasteiger partial charge in [-0.05, 0) is 24.6 Å². The number of fused-ring (bicyclic) bond motifs is 1. The number of hydrogen-bond acceptors (Lipinski definition) is 5. The van der Waals surface area contributed by atoms with Crippen LogP contribution >= 0.6 is 0 Å². The van der Waals surface area contributed by atoms with E-state index in [9.17, 15) is 9.18 Å². The van der Waals surface area contributed by atoms with Crippen molar-refractivity contribution >= 4 is 5.91 Å². The Bertz CT molecular complexity index is 1290. The summed E-state index contributed by atoms with van der Waals surface area (Å²) in [5.41, 5.74) is 5.20. The summed E-state index contributed by atoms with van der Waals surface area (Å²) >= 11 is 0. The summed E-state index contributed by atoms with van der Waals surface area (Å²) < 4.78 is 20.8. The molecule has 2 aromatic heterocycles. The van der Waals surface area contributed by atoms with E-state index >= 15 is 0 Å². The van der Waals surface area contributed by atoms with E-state index in [0.717, 1.165) is 16.8 Å². The van der Waals surface area contributed by atoms with E-state index < -0.39 is 0 Å². The molecule has 2 aromatic carbocycles. The van der Waals surface area contributed by atoms with E-state index in [1.807, 2.05) is 43.1 Å². The summed E-state index contributed by atoms with van der Waals surface area (Å²) in [6.45, 7) is 3.09. The van der Waals surface area contributed by atoms with Gasteiger partial charge in [-0.15, -0.1) is 0 Å². The van der Waals surface area contributed by atoms with Crippen molar-refractivity contribution in [3.63, 3.8) is 0 Å². The Morgan fingerprint density at radius 3 is 2.78 bits per heavy atom. The van der Waals surface area contributed by atoms with Gasteiger partial charge < -0.3 is 9.42 Å². The fraction of sp³-hybridized carbons (Fsp3) is 0.250. The molecule has 4 aromatic rings. The van der Waals surface area contributed by atoms with Crippen LogP contribution in [0.25, 0.3) is 23.0 Å². The van der Waals surface area contributed by atoms with E-state index in [2.05, 4.69) is 15.2 Å². The number of aromatic nitrogens is 4. The van der Waals surface area contributed by atoms with Crippen LogP contribution in [-0.4, -0.2) is 37.3 Å². The lowest BCUT2D eigenvalue weighted by Gasteiger charge is -2.27. The lowest BCUT2D eigenvalue weighted by atomic mass is 10.0. The van der Waals surface area contributed by atoms with E-state index in [1.54, 1.807) is 16.8 Å². The Morgan fingerprint density at radius 1 is 1.19 bits per heavy atom. The summed E-state index contributed by atoms with van der Waals surface area (Å²) in [5.74, 6) is 0.253. The molecule has 1 amide bonds. The molecule has 0 N–H and O–H groups in total. The fourth-order valence-corrected chi connectivity index (χ4v) is 4.03. The van der Waals surface area contributed by atoms with Gasteiger partial charge in [-0.3, -0.25) is 9.48 Å². The monoisotopic (exact) mass is 431 g/mol. The lowest BCUT2D eigenvalue weighted by molar-refractivity contribution is -0.131. The second-order valence-electron chi connectivity index (χ2n) is 8.06. The van der Waals surface area contributed by atoms with E-state index in [1.165, 1.54) is 17.7 Å². The quantitative estimate of drug-likeness (QED) is 0.492. The largest absolute Gasteiger partial charge is 0.338 e. The van der Waals surface area contributed by atoms with Crippen molar-refractivity contribution in [3.8, 4) is 23.0 Å². The molecule has 0 fully saturated rings. The molecule has 8 heteroatoms. The Morgan fingerprint density at radius 2 is 2.00 bits per heavy atom. The average molecular weight is 431 g/mol.